The summed E-state index contributed by atoms with van der Waals surface area (Å²) in [7, 11) is 0. The number of fused-ring (bicyclic) bond motifs is 1. The Hall–Kier alpha value is -1.39. The molecule has 1 saturated carbocycles. The first kappa shape index (κ1) is 15.2. The van der Waals surface area contributed by atoms with Crippen molar-refractivity contribution in [1.82, 2.24) is 14.5 Å². The van der Waals surface area contributed by atoms with E-state index in [1.165, 1.54) is 18.4 Å². The van der Waals surface area contributed by atoms with E-state index in [1.807, 2.05) is 0 Å². The third-order valence-electron chi connectivity index (χ3n) is 5.58. The largest absolute Gasteiger partial charge is 0.390 e. The van der Waals surface area contributed by atoms with Gasteiger partial charge >= 0.3 is 0 Å². The van der Waals surface area contributed by atoms with Crippen LogP contribution in [0.2, 0.25) is 0 Å². The number of likely N-dealkylation sites (tertiary alicyclic amines) is 1. The Morgan fingerprint density at radius 3 is 2.83 bits per heavy atom. The SMILES string of the molecule is CC(C)n1c(CN2CCCC(C3(O)CC3)C2)nc2ccccc21. The molecule has 2 aromatic rings. The van der Waals surface area contributed by atoms with Crippen molar-refractivity contribution in [3.8, 4) is 0 Å². The smallest absolute Gasteiger partial charge is 0.124 e. The second-order valence-corrected chi connectivity index (χ2v) is 7.66. The molecule has 2 aliphatic rings. The fourth-order valence-corrected chi connectivity index (χ4v) is 4.16. The van der Waals surface area contributed by atoms with E-state index in [-0.39, 0.29) is 5.60 Å². The quantitative estimate of drug-likeness (QED) is 0.941. The van der Waals surface area contributed by atoms with E-state index in [0.717, 1.165) is 43.8 Å². The number of piperidine rings is 1. The van der Waals surface area contributed by atoms with Gasteiger partial charge in [0.25, 0.3) is 0 Å². The van der Waals surface area contributed by atoms with Crippen LogP contribution in [0, 0.1) is 5.92 Å². The highest BCUT2D eigenvalue weighted by Crippen LogP contribution is 2.45. The second-order valence-electron chi connectivity index (χ2n) is 7.66. The summed E-state index contributed by atoms with van der Waals surface area (Å²) in [5.41, 5.74) is 1.97. The molecule has 4 heteroatoms. The minimum Gasteiger partial charge on any atom is -0.390 e. The zero-order valence-electron chi connectivity index (χ0n) is 14.2. The summed E-state index contributed by atoms with van der Waals surface area (Å²) in [6, 6.07) is 8.82. The molecule has 1 aliphatic carbocycles. The minimum atomic E-state index is -0.350. The third kappa shape index (κ3) is 2.79. The second kappa shape index (κ2) is 5.60. The molecular formula is C19H27N3O. The fourth-order valence-electron chi connectivity index (χ4n) is 4.16. The molecule has 1 unspecified atom stereocenters. The molecule has 4 nitrogen and oxygen atoms in total. The maximum atomic E-state index is 10.4. The fraction of sp³-hybridized carbons (Fsp3) is 0.632. The molecule has 0 spiro atoms. The van der Waals surface area contributed by atoms with Crippen molar-refractivity contribution in [3.63, 3.8) is 0 Å². The van der Waals surface area contributed by atoms with Gasteiger partial charge in [-0.2, -0.15) is 0 Å². The Bertz CT molecular complexity index is 702. The molecule has 1 saturated heterocycles. The predicted molar refractivity (Wildman–Crippen MR) is 92.3 cm³/mol. The lowest BCUT2D eigenvalue weighted by molar-refractivity contribution is 0.0281. The van der Waals surface area contributed by atoms with Crippen molar-refractivity contribution in [3.05, 3.63) is 30.1 Å². The number of aliphatic hydroxyl groups is 1. The van der Waals surface area contributed by atoms with Gasteiger partial charge in [0.15, 0.2) is 0 Å². The van der Waals surface area contributed by atoms with Crippen LogP contribution in [0.3, 0.4) is 0 Å². The van der Waals surface area contributed by atoms with E-state index in [4.69, 9.17) is 4.98 Å². The maximum absolute atomic E-state index is 10.4. The van der Waals surface area contributed by atoms with Gasteiger partial charge in [0.1, 0.15) is 5.82 Å². The lowest BCUT2D eigenvalue weighted by Gasteiger charge is -2.35. The number of para-hydroxylation sites is 2. The molecule has 1 N–H and O–H groups in total. The topological polar surface area (TPSA) is 41.3 Å². The maximum Gasteiger partial charge on any atom is 0.124 e. The molecule has 1 aromatic carbocycles. The van der Waals surface area contributed by atoms with Crippen LogP contribution in [0.1, 0.15) is 51.4 Å². The Morgan fingerprint density at radius 1 is 1.30 bits per heavy atom. The molecule has 4 rings (SSSR count). The number of nitrogens with zero attached hydrogens (tertiary/aromatic N) is 3. The summed E-state index contributed by atoms with van der Waals surface area (Å²) in [6.45, 7) is 7.47. The standard InChI is InChI=1S/C19H27N3O/c1-14(2)22-17-8-4-3-7-16(17)20-18(22)13-21-11-5-6-15(12-21)19(23)9-10-19/h3-4,7-8,14-15,23H,5-6,9-13H2,1-2H3. The van der Waals surface area contributed by atoms with E-state index in [2.05, 4.69) is 47.6 Å². The highest BCUT2D eigenvalue weighted by atomic mass is 16.3. The van der Waals surface area contributed by atoms with Gasteiger partial charge in [0.05, 0.1) is 23.2 Å². The van der Waals surface area contributed by atoms with Gasteiger partial charge < -0.3 is 9.67 Å². The van der Waals surface area contributed by atoms with Crippen LogP contribution in [0.5, 0.6) is 0 Å². The van der Waals surface area contributed by atoms with Crippen LogP contribution in [0.4, 0.5) is 0 Å². The average molecular weight is 313 g/mol. The van der Waals surface area contributed by atoms with Crippen molar-refractivity contribution >= 4 is 11.0 Å². The van der Waals surface area contributed by atoms with Gasteiger partial charge in [-0.05, 0) is 58.2 Å². The normalized spacial score (nSPS) is 24.4. The van der Waals surface area contributed by atoms with Crippen molar-refractivity contribution in [2.75, 3.05) is 13.1 Å². The predicted octanol–water partition coefficient (Wildman–Crippen LogP) is 3.35. The molecule has 2 heterocycles. The highest BCUT2D eigenvalue weighted by Gasteiger charge is 2.48. The first-order chi connectivity index (χ1) is 11.1. The number of rotatable bonds is 4. The van der Waals surface area contributed by atoms with Gasteiger partial charge in [-0.15, -0.1) is 0 Å². The highest BCUT2D eigenvalue weighted by molar-refractivity contribution is 5.76. The van der Waals surface area contributed by atoms with Crippen LogP contribution in [0.25, 0.3) is 11.0 Å². The third-order valence-corrected chi connectivity index (χ3v) is 5.58. The van der Waals surface area contributed by atoms with Gasteiger partial charge in [0, 0.05) is 18.5 Å². The zero-order chi connectivity index (χ0) is 16.0. The lowest BCUT2D eigenvalue weighted by Crippen LogP contribution is -2.41. The molecule has 0 amide bonds. The summed E-state index contributed by atoms with van der Waals surface area (Å²) in [5, 5.41) is 10.4. The summed E-state index contributed by atoms with van der Waals surface area (Å²) in [4.78, 5) is 7.38. The van der Waals surface area contributed by atoms with Crippen LogP contribution < -0.4 is 0 Å². The molecule has 0 bridgehead atoms. The molecule has 124 valence electrons. The summed E-state index contributed by atoms with van der Waals surface area (Å²) >= 11 is 0. The Labute approximate surface area is 138 Å². The number of hydrogen-bond donors (Lipinski definition) is 1. The molecular weight excluding hydrogens is 286 g/mol. The van der Waals surface area contributed by atoms with Crippen LogP contribution in [-0.4, -0.2) is 38.2 Å². The van der Waals surface area contributed by atoms with E-state index in [9.17, 15) is 5.11 Å². The van der Waals surface area contributed by atoms with Crippen molar-refractivity contribution in [1.29, 1.82) is 0 Å². The van der Waals surface area contributed by atoms with E-state index < -0.39 is 0 Å². The summed E-state index contributed by atoms with van der Waals surface area (Å²) < 4.78 is 2.37. The number of hydrogen-bond acceptors (Lipinski definition) is 3. The van der Waals surface area contributed by atoms with Gasteiger partial charge in [-0.25, -0.2) is 4.98 Å². The molecule has 23 heavy (non-hydrogen) atoms. The van der Waals surface area contributed by atoms with Crippen LogP contribution in [0.15, 0.2) is 24.3 Å². The first-order valence-electron chi connectivity index (χ1n) is 8.97. The Morgan fingerprint density at radius 2 is 2.09 bits per heavy atom. The van der Waals surface area contributed by atoms with Gasteiger partial charge in [0.2, 0.25) is 0 Å². The van der Waals surface area contributed by atoms with Crippen molar-refractivity contribution < 1.29 is 5.11 Å². The van der Waals surface area contributed by atoms with E-state index in [1.54, 1.807) is 0 Å². The molecule has 1 atom stereocenters. The van der Waals surface area contributed by atoms with E-state index in [0.29, 0.717) is 12.0 Å². The van der Waals surface area contributed by atoms with Crippen molar-refractivity contribution in [2.24, 2.45) is 5.92 Å². The van der Waals surface area contributed by atoms with E-state index >= 15 is 0 Å². The van der Waals surface area contributed by atoms with Crippen molar-refractivity contribution in [2.45, 2.75) is 57.7 Å². The van der Waals surface area contributed by atoms with Crippen LogP contribution >= 0.6 is 0 Å². The Kier molecular flexibility index (Phi) is 3.69. The monoisotopic (exact) mass is 313 g/mol. The Balaban J connectivity index is 1.58. The molecule has 2 fully saturated rings. The average Bonchev–Trinajstić information content (AvgIpc) is 3.18. The van der Waals surface area contributed by atoms with Gasteiger partial charge in [-0.1, -0.05) is 12.1 Å². The number of benzene rings is 1. The number of imidazole rings is 1. The summed E-state index contributed by atoms with van der Waals surface area (Å²) in [5.74, 6) is 1.61. The minimum absolute atomic E-state index is 0.350. The lowest BCUT2D eigenvalue weighted by atomic mass is 9.90. The molecule has 0 radical (unpaired) electrons. The molecule has 1 aliphatic heterocycles. The first-order valence-corrected chi connectivity index (χ1v) is 8.97. The van der Waals surface area contributed by atoms with Crippen LogP contribution in [-0.2, 0) is 6.54 Å². The number of aromatic nitrogens is 2. The summed E-state index contributed by atoms with van der Waals surface area (Å²) in [6.07, 6.45) is 4.36. The zero-order valence-corrected chi connectivity index (χ0v) is 14.2. The van der Waals surface area contributed by atoms with Gasteiger partial charge in [-0.3, -0.25) is 4.90 Å². The molecule has 1 aromatic heterocycles.